The monoisotopic (exact) mass is 310 g/mol. The average Bonchev–Trinajstić information content (AvgIpc) is 2.52. The molecule has 1 aromatic rings. The molecule has 0 heterocycles. The van der Waals surface area contributed by atoms with Gasteiger partial charge in [-0.15, -0.1) is 0 Å². The first kappa shape index (κ1) is 17.6. The van der Waals surface area contributed by atoms with E-state index in [-0.39, 0.29) is 0 Å². The largest absolute Gasteiger partial charge is 0.493 e. The Hall–Kier alpha value is -1.49. The first-order chi connectivity index (χ1) is 10.1. The normalized spacial score (nSPS) is 10.3. The van der Waals surface area contributed by atoms with E-state index < -0.39 is 0 Å². The maximum atomic E-state index is 5.30. The highest BCUT2D eigenvalue weighted by molar-refractivity contribution is 7.80. The molecule has 0 atom stereocenters. The molecule has 0 radical (unpaired) electrons. The van der Waals surface area contributed by atoms with Gasteiger partial charge in [-0.1, -0.05) is 19.9 Å². The molecule has 118 valence electrons. The van der Waals surface area contributed by atoms with Crippen molar-refractivity contribution in [2.75, 3.05) is 20.8 Å². The van der Waals surface area contributed by atoms with Crippen molar-refractivity contribution in [2.24, 2.45) is 0 Å². The molecule has 0 aromatic heterocycles. The van der Waals surface area contributed by atoms with E-state index in [1.807, 2.05) is 18.2 Å². The van der Waals surface area contributed by atoms with Crippen molar-refractivity contribution < 1.29 is 9.47 Å². The Labute approximate surface area is 133 Å². The number of thiocarbonyl (C=S) groups is 1. The number of ether oxygens (including phenoxy) is 2. The minimum Gasteiger partial charge on any atom is -0.493 e. The summed E-state index contributed by atoms with van der Waals surface area (Å²) in [5, 5.41) is 7.29. The summed E-state index contributed by atoms with van der Waals surface area (Å²) in [7, 11) is 3.29. The van der Waals surface area contributed by atoms with Gasteiger partial charge < -0.3 is 20.1 Å². The molecule has 1 aromatic carbocycles. The highest BCUT2D eigenvalue weighted by Crippen LogP contribution is 2.27. The molecule has 5 heteroatoms. The molecule has 0 aliphatic carbocycles. The first-order valence-electron chi connectivity index (χ1n) is 7.39. The van der Waals surface area contributed by atoms with Gasteiger partial charge in [0.2, 0.25) is 0 Å². The summed E-state index contributed by atoms with van der Waals surface area (Å²) in [6.07, 6.45) is 3.03. The molecule has 0 amide bonds. The molecule has 0 unspecified atom stereocenters. The summed E-state index contributed by atoms with van der Waals surface area (Å²) in [5.41, 5.74) is 1.19. The number of benzene rings is 1. The predicted molar refractivity (Wildman–Crippen MR) is 91.4 cm³/mol. The molecule has 0 fully saturated rings. The van der Waals surface area contributed by atoms with E-state index >= 15 is 0 Å². The third kappa shape index (κ3) is 5.79. The van der Waals surface area contributed by atoms with Crippen LogP contribution in [0.5, 0.6) is 11.5 Å². The van der Waals surface area contributed by atoms with Crippen molar-refractivity contribution in [3.63, 3.8) is 0 Å². The van der Waals surface area contributed by atoms with Crippen LogP contribution in [0.2, 0.25) is 0 Å². The van der Waals surface area contributed by atoms with Crippen LogP contribution in [0.4, 0.5) is 0 Å². The molecule has 0 spiro atoms. The van der Waals surface area contributed by atoms with Gasteiger partial charge in [0.1, 0.15) is 0 Å². The molecule has 2 N–H and O–H groups in total. The van der Waals surface area contributed by atoms with E-state index in [2.05, 4.69) is 24.5 Å². The van der Waals surface area contributed by atoms with Gasteiger partial charge in [-0.25, -0.2) is 0 Å². The molecule has 0 saturated carbocycles. The van der Waals surface area contributed by atoms with E-state index in [1.54, 1.807) is 14.2 Å². The number of hydrogen-bond acceptors (Lipinski definition) is 3. The van der Waals surface area contributed by atoms with Crippen molar-refractivity contribution in [1.82, 2.24) is 10.6 Å². The Kier molecular flexibility index (Phi) is 7.90. The Morgan fingerprint density at radius 2 is 1.81 bits per heavy atom. The summed E-state index contributed by atoms with van der Waals surface area (Å²) in [5.74, 6) is 1.51. The second-order valence-electron chi connectivity index (χ2n) is 4.85. The lowest BCUT2D eigenvalue weighted by Gasteiger charge is -2.18. The van der Waals surface area contributed by atoms with E-state index in [0.29, 0.717) is 6.04 Å². The van der Waals surface area contributed by atoms with Crippen LogP contribution in [0, 0.1) is 0 Å². The Morgan fingerprint density at radius 1 is 1.14 bits per heavy atom. The zero-order valence-electron chi connectivity index (χ0n) is 13.4. The topological polar surface area (TPSA) is 42.5 Å². The Balaban J connectivity index is 2.43. The van der Waals surface area contributed by atoms with Crippen molar-refractivity contribution in [3.8, 4) is 11.5 Å². The fraction of sp³-hybridized carbons (Fsp3) is 0.562. The summed E-state index contributed by atoms with van der Waals surface area (Å²) in [6.45, 7) is 5.11. The van der Waals surface area contributed by atoms with E-state index in [4.69, 9.17) is 21.7 Å². The minimum atomic E-state index is 0.450. The summed E-state index contributed by atoms with van der Waals surface area (Å²) in [4.78, 5) is 0. The van der Waals surface area contributed by atoms with Crippen LogP contribution in [0.1, 0.15) is 32.3 Å². The van der Waals surface area contributed by atoms with Crippen molar-refractivity contribution in [1.29, 1.82) is 0 Å². The zero-order valence-corrected chi connectivity index (χ0v) is 14.2. The lowest BCUT2D eigenvalue weighted by molar-refractivity contribution is 0.354. The van der Waals surface area contributed by atoms with Crippen molar-refractivity contribution in [2.45, 2.75) is 39.2 Å². The van der Waals surface area contributed by atoms with Crippen LogP contribution in [-0.4, -0.2) is 31.9 Å². The first-order valence-corrected chi connectivity index (χ1v) is 7.80. The molecule has 4 nitrogen and oxygen atoms in total. The maximum Gasteiger partial charge on any atom is 0.166 e. The molecule has 0 aliphatic rings. The maximum absolute atomic E-state index is 5.30. The van der Waals surface area contributed by atoms with Crippen LogP contribution < -0.4 is 20.1 Å². The zero-order chi connectivity index (χ0) is 15.7. The standard InChI is InChI=1S/C16H26N2O2S/c1-5-13(6-2)18-16(21)17-10-9-12-7-8-14(19-3)15(11-12)20-4/h7-8,11,13H,5-6,9-10H2,1-4H3,(H2,17,18,21). The fourth-order valence-electron chi connectivity index (χ4n) is 2.09. The van der Waals surface area contributed by atoms with Crippen molar-refractivity contribution in [3.05, 3.63) is 23.8 Å². The molecular formula is C16H26N2O2S. The predicted octanol–water partition coefficient (Wildman–Crippen LogP) is 2.90. The van der Waals surface area contributed by atoms with Crippen molar-refractivity contribution >= 4 is 17.3 Å². The van der Waals surface area contributed by atoms with E-state index in [9.17, 15) is 0 Å². The third-order valence-electron chi connectivity index (χ3n) is 3.47. The lowest BCUT2D eigenvalue weighted by atomic mass is 10.1. The summed E-state index contributed by atoms with van der Waals surface area (Å²) < 4.78 is 10.5. The average molecular weight is 310 g/mol. The molecule has 21 heavy (non-hydrogen) atoms. The molecule has 0 bridgehead atoms. The fourth-order valence-corrected chi connectivity index (χ4v) is 2.35. The third-order valence-corrected chi connectivity index (χ3v) is 3.73. The SMILES string of the molecule is CCC(CC)NC(=S)NCCc1ccc(OC)c(OC)c1. The second kappa shape index (κ2) is 9.45. The second-order valence-corrected chi connectivity index (χ2v) is 5.26. The quantitative estimate of drug-likeness (QED) is 0.723. The van der Waals surface area contributed by atoms with Gasteiger partial charge in [0.25, 0.3) is 0 Å². The molecule has 0 saturated heterocycles. The number of nitrogens with one attached hydrogen (secondary N) is 2. The van der Waals surface area contributed by atoms with Gasteiger partial charge >= 0.3 is 0 Å². The summed E-state index contributed by atoms with van der Waals surface area (Å²) in [6, 6.07) is 6.42. The smallest absolute Gasteiger partial charge is 0.166 e. The van der Waals surface area contributed by atoms with Gasteiger partial charge in [-0.2, -0.15) is 0 Å². The Morgan fingerprint density at radius 3 is 2.38 bits per heavy atom. The Bertz CT molecular complexity index is 448. The van der Waals surface area contributed by atoms with E-state index in [1.165, 1.54) is 5.56 Å². The highest BCUT2D eigenvalue weighted by atomic mass is 32.1. The molecule has 1 rings (SSSR count). The lowest BCUT2D eigenvalue weighted by Crippen LogP contribution is -2.42. The van der Waals surface area contributed by atoms with Crippen LogP contribution in [0.3, 0.4) is 0 Å². The van der Waals surface area contributed by atoms with Gasteiger partial charge in [-0.3, -0.25) is 0 Å². The summed E-state index contributed by atoms with van der Waals surface area (Å²) >= 11 is 5.30. The minimum absolute atomic E-state index is 0.450. The van der Waals surface area contributed by atoms with Gasteiger partial charge in [0.15, 0.2) is 16.6 Å². The van der Waals surface area contributed by atoms with Crippen LogP contribution >= 0.6 is 12.2 Å². The number of hydrogen-bond donors (Lipinski definition) is 2. The van der Waals surface area contributed by atoms with Crippen LogP contribution in [0.25, 0.3) is 0 Å². The van der Waals surface area contributed by atoms with Crippen LogP contribution in [-0.2, 0) is 6.42 Å². The molecule has 0 aliphatic heterocycles. The van der Waals surface area contributed by atoms with Crippen LogP contribution in [0.15, 0.2) is 18.2 Å². The van der Waals surface area contributed by atoms with Gasteiger partial charge in [0.05, 0.1) is 14.2 Å². The molecular weight excluding hydrogens is 284 g/mol. The van der Waals surface area contributed by atoms with Gasteiger partial charge in [-0.05, 0) is 49.2 Å². The number of rotatable bonds is 8. The van der Waals surface area contributed by atoms with Gasteiger partial charge in [0, 0.05) is 12.6 Å². The number of methoxy groups -OCH3 is 2. The van der Waals surface area contributed by atoms with E-state index in [0.717, 1.165) is 42.4 Å². The highest BCUT2D eigenvalue weighted by Gasteiger charge is 2.06.